The molecule has 0 spiro atoms. The molecule has 1 nitrogen and oxygen atoms in total. The van der Waals surface area contributed by atoms with Crippen LogP contribution in [0.15, 0.2) is 6.20 Å². The second-order valence-electron chi connectivity index (χ2n) is 6.31. The first-order valence-electron chi connectivity index (χ1n) is 8.14. The van der Waals surface area contributed by atoms with Crippen molar-refractivity contribution in [3.05, 3.63) is 23.0 Å². The van der Waals surface area contributed by atoms with Gasteiger partial charge in [-0.2, -0.15) is 0 Å². The maximum Gasteiger partial charge on any atom is 0.0185 e. The van der Waals surface area contributed by atoms with E-state index in [4.69, 9.17) is 0 Å². The van der Waals surface area contributed by atoms with Gasteiger partial charge in [0.25, 0.3) is 0 Å². The van der Waals surface area contributed by atoms with Crippen LogP contribution in [0.5, 0.6) is 0 Å². The molecule has 1 heteroatoms. The Bertz CT molecular complexity index is 343. The molecule has 3 rings (SSSR count). The highest BCUT2D eigenvalue weighted by molar-refractivity contribution is 5.35. The number of nitrogens with one attached hydrogen (secondary N) is 1. The molecule has 0 amide bonds. The lowest BCUT2D eigenvalue weighted by Gasteiger charge is -2.18. The summed E-state index contributed by atoms with van der Waals surface area (Å²) in [6.45, 7) is 0. The SMILES string of the molecule is c1[nH]c2c3c1CCCCCCC3CCCCCC2. The Kier molecular flexibility index (Phi) is 4.07. The van der Waals surface area contributed by atoms with Crippen molar-refractivity contribution in [1.82, 2.24) is 4.98 Å². The minimum absolute atomic E-state index is 0.873. The fourth-order valence-electron chi connectivity index (χ4n) is 3.98. The molecule has 18 heavy (non-hydrogen) atoms. The minimum atomic E-state index is 0.873. The van der Waals surface area contributed by atoms with Crippen LogP contribution in [-0.4, -0.2) is 4.98 Å². The summed E-state index contributed by atoms with van der Waals surface area (Å²) in [6, 6.07) is 0. The van der Waals surface area contributed by atoms with Gasteiger partial charge in [0.1, 0.15) is 0 Å². The maximum absolute atomic E-state index is 3.62. The van der Waals surface area contributed by atoms with Gasteiger partial charge in [-0.3, -0.25) is 0 Å². The van der Waals surface area contributed by atoms with Gasteiger partial charge in [-0.05, 0) is 55.6 Å². The van der Waals surface area contributed by atoms with Crippen LogP contribution in [0.25, 0.3) is 0 Å². The molecule has 0 radical (unpaired) electrons. The van der Waals surface area contributed by atoms with E-state index < -0.39 is 0 Å². The summed E-state index contributed by atoms with van der Waals surface area (Å²) in [5.74, 6) is 0.873. The van der Waals surface area contributed by atoms with Gasteiger partial charge in [0.2, 0.25) is 0 Å². The number of aromatic amines is 1. The molecule has 0 aromatic carbocycles. The van der Waals surface area contributed by atoms with Crippen molar-refractivity contribution in [3.63, 3.8) is 0 Å². The smallest absolute Gasteiger partial charge is 0.0185 e. The molecule has 2 aliphatic carbocycles. The van der Waals surface area contributed by atoms with Gasteiger partial charge in [-0.15, -0.1) is 0 Å². The summed E-state index contributed by atoms with van der Waals surface area (Å²) >= 11 is 0. The zero-order valence-electron chi connectivity index (χ0n) is 11.6. The van der Waals surface area contributed by atoms with Crippen molar-refractivity contribution in [2.75, 3.05) is 0 Å². The largest absolute Gasteiger partial charge is 0.364 e. The molecular formula is C17H27N. The number of hydrogen-bond donors (Lipinski definition) is 1. The highest BCUT2D eigenvalue weighted by Crippen LogP contribution is 2.36. The van der Waals surface area contributed by atoms with Gasteiger partial charge >= 0.3 is 0 Å². The zero-order chi connectivity index (χ0) is 12.2. The Morgan fingerprint density at radius 2 is 1.44 bits per heavy atom. The van der Waals surface area contributed by atoms with E-state index >= 15 is 0 Å². The Morgan fingerprint density at radius 1 is 0.778 bits per heavy atom. The molecule has 0 saturated heterocycles. The highest BCUT2D eigenvalue weighted by Gasteiger charge is 2.22. The number of H-pyrrole nitrogens is 1. The summed E-state index contributed by atoms with van der Waals surface area (Å²) < 4.78 is 0. The summed E-state index contributed by atoms with van der Waals surface area (Å²) in [5, 5.41) is 0. The first kappa shape index (κ1) is 12.3. The van der Waals surface area contributed by atoms with Gasteiger partial charge in [-0.1, -0.05) is 38.5 Å². The third kappa shape index (κ3) is 2.65. The molecular weight excluding hydrogens is 218 g/mol. The molecule has 0 saturated carbocycles. The molecule has 1 aromatic rings. The molecule has 0 bridgehead atoms. The molecule has 1 atom stereocenters. The van der Waals surface area contributed by atoms with Crippen molar-refractivity contribution in [1.29, 1.82) is 0 Å². The van der Waals surface area contributed by atoms with Crippen molar-refractivity contribution < 1.29 is 0 Å². The molecule has 1 N–H and O–H groups in total. The molecule has 1 aromatic heterocycles. The molecule has 0 aliphatic heterocycles. The third-order valence-corrected chi connectivity index (χ3v) is 4.98. The third-order valence-electron chi connectivity index (χ3n) is 4.98. The standard InChI is InChI=1S/C17H27N/c1-2-7-11-15-13-18-16-12-8-4-3-6-10-14(9-5-1)17(15)16/h13-14,18H,1-12H2. The van der Waals surface area contributed by atoms with E-state index in [0.29, 0.717) is 0 Å². The van der Waals surface area contributed by atoms with E-state index in [2.05, 4.69) is 11.2 Å². The van der Waals surface area contributed by atoms with Gasteiger partial charge in [-0.25, -0.2) is 0 Å². The van der Waals surface area contributed by atoms with Crippen LogP contribution in [0, 0.1) is 0 Å². The zero-order valence-corrected chi connectivity index (χ0v) is 11.6. The van der Waals surface area contributed by atoms with Crippen LogP contribution in [-0.2, 0) is 12.8 Å². The van der Waals surface area contributed by atoms with Crippen LogP contribution >= 0.6 is 0 Å². The van der Waals surface area contributed by atoms with Crippen LogP contribution < -0.4 is 0 Å². The Balaban J connectivity index is 1.92. The minimum Gasteiger partial charge on any atom is -0.364 e. The monoisotopic (exact) mass is 245 g/mol. The Morgan fingerprint density at radius 3 is 2.22 bits per heavy atom. The van der Waals surface area contributed by atoms with E-state index in [1.165, 1.54) is 77.0 Å². The first-order valence-corrected chi connectivity index (χ1v) is 8.14. The first-order chi connectivity index (χ1) is 8.95. The van der Waals surface area contributed by atoms with Crippen molar-refractivity contribution >= 4 is 0 Å². The van der Waals surface area contributed by atoms with Gasteiger partial charge in [0.05, 0.1) is 0 Å². The molecule has 2 aliphatic rings. The Hall–Kier alpha value is -0.720. The summed E-state index contributed by atoms with van der Waals surface area (Å²) in [7, 11) is 0. The average Bonchev–Trinajstić information content (AvgIpc) is 2.82. The lowest BCUT2D eigenvalue weighted by Crippen LogP contribution is -2.03. The number of hydrogen-bond acceptors (Lipinski definition) is 0. The van der Waals surface area contributed by atoms with E-state index in [-0.39, 0.29) is 0 Å². The number of aryl methyl sites for hydroxylation is 2. The summed E-state index contributed by atoms with van der Waals surface area (Å²) in [4.78, 5) is 3.62. The lowest BCUT2D eigenvalue weighted by molar-refractivity contribution is 0.506. The van der Waals surface area contributed by atoms with Crippen molar-refractivity contribution in [2.24, 2.45) is 0 Å². The van der Waals surface area contributed by atoms with Crippen LogP contribution in [0.2, 0.25) is 0 Å². The fraction of sp³-hybridized carbons (Fsp3) is 0.765. The van der Waals surface area contributed by atoms with Crippen LogP contribution in [0.1, 0.15) is 86.9 Å². The van der Waals surface area contributed by atoms with Gasteiger partial charge in [0.15, 0.2) is 0 Å². The lowest BCUT2D eigenvalue weighted by atomic mass is 9.86. The maximum atomic E-state index is 3.62. The molecule has 100 valence electrons. The van der Waals surface area contributed by atoms with Crippen LogP contribution in [0.3, 0.4) is 0 Å². The second-order valence-corrected chi connectivity index (χ2v) is 6.31. The molecule has 0 fully saturated rings. The van der Waals surface area contributed by atoms with Gasteiger partial charge in [0, 0.05) is 11.9 Å². The van der Waals surface area contributed by atoms with E-state index in [1.807, 2.05) is 0 Å². The van der Waals surface area contributed by atoms with Crippen molar-refractivity contribution in [2.45, 2.75) is 83.0 Å². The Labute approximate surface area is 111 Å². The molecule has 1 unspecified atom stereocenters. The summed E-state index contributed by atoms with van der Waals surface area (Å²) in [5.41, 5.74) is 5.02. The van der Waals surface area contributed by atoms with Crippen LogP contribution in [0.4, 0.5) is 0 Å². The van der Waals surface area contributed by atoms with Crippen molar-refractivity contribution in [3.8, 4) is 0 Å². The number of rotatable bonds is 0. The summed E-state index contributed by atoms with van der Waals surface area (Å²) in [6.07, 6.45) is 19.3. The highest BCUT2D eigenvalue weighted by atomic mass is 14.7. The van der Waals surface area contributed by atoms with E-state index in [0.717, 1.165) is 5.92 Å². The normalized spacial score (nSPS) is 25.9. The van der Waals surface area contributed by atoms with Gasteiger partial charge < -0.3 is 4.98 Å². The quantitative estimate of drug-likeness (QED) is 0.653. The number of aromatic nitrogens is 1. The second kappa shape index (κ2) is 5.95. The predicted octanol–water partition coefficient (Wildman–Crippen LogP) is 5.11. The van der Waals surface area contributed by atoms with E-state index in [9.17, 15) is 0 Å². The average molecular weight is 245 g/mol. The predicted molar refractivity (Wildman–Crippen MR) is 77.1 cm³/mol. The topological polar surface area (TPSA) is 15.8 Å². The molecule has 1 heterocycles. The fourth-order valence-corrected chi connectivity index (χ4v) is 3.98. The van der Waals surface area contributed by atoms with E-state index in [1.54, 1.807) is 16.8 Å².